The van der Waals surface area contributed by atoms with Gasteiger partial charge in [-0.2, -0.15) is 0 Å². The zero-order valence-electron chi connectivity index (χ0n) is 9.11. The molecular formula is C8H19NO3S2. The van der Waals surface area contributed by atoms with Gasteiger partial charge >= 0.3 is 0 Å². The van der Waals surface area contributed by atoms with Crippen molar-refractivity contribution in [1.82, 2.24) is 5.32 Å². The Kier molecular flexibility index (Phi) is 5.85. The molecule has 1 N–H and O–H groups in total. The lowest BCUT2D eigenvalue weighted by atomic mass is 10.3. The Bertz CT molecular complexity index is 287. The van der Waals surface area contributed by atoms with E-state index in [1.165, 1.54) is 0 Å². The maximum Gasteiger partial charge on any atom is 0.148 e. The third kappa shape index (κ3) is 5.72. The van der Waals surface area contributed by atoms with E-state index in [-0.39, 0.29) is 22.8 Å². The summed E-state index contributed by atoms with van der Waals surface area (Å²) >= 11 is 0. The van der Waals surface area contributed by atoms with E-state index in [1.54, 1.807) is 7.05 Å². The third-order valence-electron chi connectivity index (χ3n) is 2.23. The van der Waals surface area contributed by atoms with Crippen molar-refractivity contribution in [3.05, 3.63) is 0 Å². The predicted molar refractivity (Wildman–Crippen MR) is 60.7 cm³/mol. The number of hydrogen-bond acceptors (Lipinski definition) is 4. The summed E-state index contributed by atoms with van der Waals surface area (Å²) in [4.78, 5) is 0. The largest absolute Gasteiger partial charge is 0.316 e. The predicted octanol–water partition coefficient (Wildman–Crippen LogP) is -0.224. The van der Waals surface area contributed by atoms with Crippen LogP contribution < -0.4 is 5.32 Å². The lowest BCUT2D eigenvalue weighted by Gasteiger charge is -2.18. The Balaban J connectivity index is 4.10. The smallest absolute Gasteiger partial charge is 0.148 e. The van der Waals surface area contributed by atoms with Gasteiger partial charge in [-0.15, -0.1) is 0 Å². The maximum atomic E-state index is 11.6. The molecule has 0 aromatic carbocycles. The zero-order chi connectivity index (χ0) is 11.4. The van der Waals surface area contributed by atoms with Gasteiger partial charge in [0.25, 0.3) is 0 Å². The van der Waals surface area contributed by atoms with Crippen LogP contribution in [0.3, 0.4) is 0 Å². The molecule has 6 heteroatoms. The average Bonchev–Trinajstić information content (AvgIpc) is 2.10. The Morgan fingerprint density at radius 3 is 2.21 bits per heavy atom. The first kappa shape index (κ1) is 14.1. The number of nitrogens with one attached hydrogen (secondary N) is 1. The summed E-state index contributed by atoms with van der Waals surface area (Å²) in [6.07, 6.45) is 1.16. The minimum Gasteiger partial charge on any atom is -0.316 e. The summed E-state index contributed by atoms with van der Waals surface area (Å²) in [5.41, 5.74) is 0. The topological polar surface area (TPSA) is 63.2 Å². The average molecular weight is 241 g/mol. The van der Waals surface area contributed by atoms with Gasteiger partial charge in [-0.1, -0.05) is 0 Å². The van der Waals surface area contributed by atoms with E-state index in [0.29, 0.717) is 0 Å². The first-order valence-electron chi connectivity index (χ1n) is 4.50. The minimum atomic E-state index is -3.00. The van der Waals surface area contributed by atoms with Crippen LogP contribution in [0.4, 0.5) is 0 Å². The summed E-state index contributed by atoms with van der Waals surface area (Å²) in [6.45, 7) is 3.79. The van der Waals surface area contributed by atoms with Gasteiger partial charge in [-0.3, -0.25) is 4.21 Å². The van der Waals surface area contributed by atoms with E-state index in [4.69, 9.17) is 0 Å². The van der Waals surface area contributed by atoms with Crippen molar-refractivity contribution >= 4 is 20.6 Å². The molecule has 0 saturated heterocycles. The zero-order valence-corrected chi connectivity index (χ0v) is 10.7. The number of sulfone groups is 1. The molecule has 0 radical (unpaired) electrons. The molecule has 0 saturated carbocycles. The fourth-order valence-corrected chi connectivity index (χ4v) is 3.71. The Morgan fingerprint density at radius 1 is 1.36 bits per heavy atom. The second-order valence-corrected chi connectivity index (χ2v) is 7.67. The van der Waals surface area contributed by atoms with E-state index in [0.717, 1.165) is 6.26 Å². The van der Waals surface area contributed by atoms with Crippen LogP contribution in [-0.4, -0.2) is 48.7 Å². The highest BCUT2D eigenvalue weighted by atomic mass is 32.2. The Hall–Kier alpha value is 0.0600. The molecule has 0 aromatic rings. The molecule has 86 valence electrons. The second kappa shape index (κ2) is 5.82. The van der Waals surface area contributed by atoms with Crippen LogP contribution in [0.1, 0.15) is 13.8 Å². The van der Waals surface area contributed by atoms with Crippen molar-refractivity contribution < 1.29 is 12.6 Å². The summed E-state index contributed by atoms with van der Waals surface area (Å²) in [6, 6.07) is 0.135. The molecular weight excluding hydrogens is 222 g/mol. The van der Waals surface area contributed by atoms with Crippen LogP contribution in [0.2, 0.25) is 0 Å². The Morgan fingerprint density at radius 2 is 1.86 bits per heavy atom. The van der Waals surface area contributed by atoms with Gasteiger partial charge in [0.05, 0.1) is 5.75 Å². The van der Waals surface area contributed by atoms with Crippen molar-refractivity contribution in [3.8, 4) is 0 Å². The third-order valence-corrected chi connectivity index (χ3v) is 5.28. The van der Waals surface area contributed by atoms with E-state index in [9.17, 15) is 12.6 Å². The summed E-state index contributed by atoms with van der Waals surface area (Å²) < 4.78 is 33.3. The van der Waals surface area contributed by atoms with Crippen LogP contribution >= 0.6 is 0 Å². The van der Waals surface area contributed by atoms with Crippen molar-refractivity contribution in [2.75, 3.05) is 24.8 Å². The van der Waals surface area contributed by atoms with Crippen LogP contribution in [0, 0.1) is 0 Å². The van der Waals surface area contributed by atoms with Crippen LogP contribution in [0.25, 0.3) is 0 Å². The molecule has 0 spiro atoms. The molecule has 3 atom stereocenters. The number of hydrogen-bond donors (Lipinski definition) is 1. The molecule has 0 aliphatic carbocycles. The number of rotatable bonds is 6. The molecule has 0 aliphatic heterocycles. The Labute approximate surface area is 88.8 Å². The van der Waals surface area contributed by atoms with Crippen LogP contribution in [0.15, 0.2) is 0 Å². The van der Waals surface area contributed by atoms with Gasteiger partial charge in [0.15, 0.2) is 0 Å². The molecule has 0 heterocycles. The normalized spacial score (nSPS) is 18.9. The molecule has 0 aromatic heterocycles. The summed E-state index contributed by atoms with van der Waals surface area (Å²) in [5, 5.41) is 2.97. The van der Waals surface area contributed by atoms with Crippen molar-refractivity contribution in [2.45, 2.75) is 25.1 Å². The first-order chi connectivity index (χ1) is 6.28. The van der Waals surface area contributed by atoms with E-state index >= 15 is 0 Å². The van der Waals surface area contributed by atoms with Gasteiger partial charge in [0, 0.05) is 34.1 Å². The van der Waals surface area contributed by atoms with E-state index in [2.05, 4.69) is 5.32 Å². The molecule has 14 heavy (non-hydrogen) atoms. The van der Waals surface area contributed by atoms with Gasteiger partial charge in [0.2, 0.25) is 0 Å². The highest BCUT2D eigenvalue weighted by Crippen LogP contribution is 2.02. The fourth-order valence-electron chi connectivity index (χ4n) is 0.882. The summed E-state index contributed by atoms with van der Waals surface area (Å²) in [5.74, 6) is 0.229. The van der Waals surface area contributed by atoms with Crippen molar-refractivity contribution in [3.63, 3.8) is 0 Å². The molecule has 0 fully saturated rings. The van der Waals surface area contributed by atoms with E-state index in [1.807, 2.05) is 13.8 Å². The maximum absolute atomic E-state index is 11.6. The van der Waals surface area contributed by atoms with Gasteiger partial charge < -0.3 is 5.32 Å². The molecule has 0 bridgehead atoms. The summed E-state index contributed by atoms with van der Waals surface area (Å²) in [7, 11) is -2.28. The first-order valence-corrected chi connectivity index (χ1v) is 7.94. The lowest BCUT2D eigenvalue weighted by Crippen LogP contribution is -2.37. The van der Waals surface area contributed by atoms with E-state index < -0.39 is 20.6 Å². The van der Waals surface area contributed by atoms with Gasteiger partial charge in [-0.25, -0.2) is 8.42 Å². The SMILES string of the molecule is CNC(C)C(C)S(=O)CCS(C)(=O)=O. The highest BCUT2D eigenvalue weighted by molar-refractivity contribution is 7.92. The van der Waals surface area contributed by atoms with Crippen LogP contribution in [-0.2, 0) is 20.6 Å². The van der Waals surface area contributed by atoms with Crippen LogP contribution in [0.5, 0.6) is 0 Å². The quantitative estimate of drug-likeness (QED) is 0.698. The minimum absolute atomic E-state index is 0.000382. The molecule has 0 aliphatic rings. The van der Waals surface area contributed by atoms with Crippen molar-refractivity contribution in [2.24, 2.45) is 0 Å². The standard InChI is InChI=1S/C8H19NO3S2/c1-7(9-3)8(2)13(10)5-6-14(4,11)12/h7-9H,5-6H2,1-4H3. The van der Waals surface area contributed by atoms with Gasteiger partial charge in [0.1, 0.15) is 9.84 Å². The monoisotopic (exact) mass is 241 g/mol. The fraction of sp³-hybridized carbons (Fsp3) is 1.00. The lowest BCUT2D eigenvalue weighted by molar-refractivity contribution is 0.583. The molecule has 0 rings (SSSR count). The molecule has 0 amide bonds. The second-order valence-electron chi connectivity index (χ2n) is 3.50. The van der Waals surface area contributed by atoms with Crippen molar-refractivity contribution in [1.29, 1.82) is 0 Å². The molecule has 4 nitrogen and oxygen atoms in total. The highest BCUT2D eigenvalue weighted by Gasteiger charge is 2.18. The molecule has 3 unspecified atom stereocenters. The van der Waals surface area contributed by atoms with Gasteiger partial charge in [-0.05, 0) is 20.9 Å².